The standard InChI is InChI=1S/C19H17N3OS/c23-18(9-8-16-13-24-14-20-16)22-12-11-21-10-4-7-17(21)19(22)15-5-2-1-3-6-15/h1-10,13-14,19H,11-12H2/b9-8+/t19-/m1/s1. The largest absolute Gasteiger partial charge is 0.348 e. The topological polar surface area (TPSA) is 38.1 Å². The van der Waals surface area contributed by atoms with Gasteiger partial charge in [-0.3, -0.25) is 4.79 Å². The maximum Gasteiger partial charge on any atom is 0.247 e. The smallest absolute Gasteiger partial charge is 0.247 e. The Balaban J connectivity index is 1.67. The highest BCUT2D eigenvalue weighted by atomic mass is 32.1. The Morgan fingerprint density at radius 2 is 2.04 bits per heavy atom. The molecule has 1 aromatic carbocycles. The molecule has 3 aromatic rings. The van der Waals surface area contributed by atoms with Crippen LogP contribution in [0.3, 0.4) is 0 Å². The van der Waals surface area contributed by atoms with Crippen LogP contribution < -0.4 is 0 Å². The summed E-state index contributed by atoms with van der Waals surface area (Å²) >= 11 is 1.53. The predicted molar refractivity (Wildman–Crippen MR) is 95.6 cm³/mol. The number of benzene rings is 1. The van der Waals surface area contributed by atoms with Crippen molar-refractivity contribution >= 4 is 23.3 Å². The van der Waals surface area contributed by atoms with Gasteiger partial charge in [-0.05, 0) is 23.8 Å². The van der Waals surface area contributed by atoms with Gasteiger partial charge in [0.1, 0.15) is 0 Å². The highest BCUT2D eigenvalue weighted by molar-refractivity contribution is 7.07. The van der Waals surface area contributed by atoms with Gasteiger partial charge in [-0.25, -0.2) is 4.98 Å². The van der Waals surface area contributed by atoms with Crippen molar-refractivity contribution in [3.05, 3.63) is 82.6 Å². The summed E-state index contributed by atoms with van der Waals surface area (Å²) in [7, 11) is 0. The van der Waals surface area contributed by atoms with E-state index >= 15 is 0 Å². The van der Waals surface area contributed by atoms with Crippen molar-refractivity contribution in [3.8, 4) is 0 Å². The van der Waals surface area contributed by atoms with Crippen LogP contribution in [-0.4, -0.2) is 26.9 Å². The van der Waals surface area contributed by atoms with E-state index in [1.165, 1.54) is 11.3 Å². The summed E-state index contributed by atoms with van der Waals surface area (Å²) in [4.78, 5) is 18.9. The lowest BCUT2D eigenvalue weighted by Gasteiger charge is -2.36. The van der Waals surface area contributed by atoms with E-state index in [1.807, 2.05) is 34.5 Å². The molecule has 3 heterocycles. The van der Waals surface area contributed by atoms with E-state index in [9.17, 15) is 4.79 Å². The van der Waals surface area contributed by atoms with Gasteiger partial charge in [0, 0.05) is 36.4 Å². The van der Waals surface area contributed by atoms with E-state index in [0.29, 0.717) is 6.54 Å². The van der Waals surface area contributed by atoms with Crippen LogP contribution in [0.15, 0.2) is 65.6 Å². The molecular formula is C19H17N3OS. The molecule has 4 nitrogen and oxygen atoms in total. The van der Waals surface area contributed by atoms with Gasteiger partial charge in [0.05, 0.1) is 17.2 Å². The summed E-state index contributed by atoms with van der Waals surface area (Å²) in [6, 6.07) is 14.3. The van der Waals surface area contributed by atoms with Gasteiger partial charge in [0.25, 0.3) is 0 Å². The third-order valence-electron chi connectivity index (χ3n) is 4.28. The fourth-order valence-corrected chi connectivity index (χ4v) is 3.69. The third kappa shape index (κ3) is 2.78. The first-order chi connectivity index (χ1) is 11.8. The first kappa shape index (κ1) is 14.9. The van der Waals surface area contributed by atoms with Crippen molar-refractivity contribution < 1.29 is 4.79 Å². The quantitative estimate of drug-likeness (QED) is 0.686. The summed E-state index contributed by atoms with van der Waals surface area (Å²) in [5.41, 5.74) is 4.88. The molecule has 0 aliphatic carbocycles. The number of thiazole rings is 1. The highest BCUT2D eigenvalue weighted by Crippen LogP contribution is 2.32. The van der Waals surface area contributed by atoms with Crippen molar-refractivity contribution in [2.24, 2.45) is 0 Å². The van der Waals surface area contributed by atoms with E-state index in [-0.39, 0.29) is 11.9 Å². The normalized spacial score (nSPS) is 17.2. The van der Waals surface area contributed by atoms with Crippen LogP contribution in [0.1, 0.15) is 23.0 Å². The number of fused-ring (bicyclic) bond motifs is 1. The molecule has 1 aliphatic rings. The molecule has 1 amide bonds. The fourth-order valence-electron chi connectivity index (χ4n) is 3.16. The molecule has 4 rings (SSSR count). The zero-order valence-corrected chi connectivity index (χ0v) is 13.9. The van der Waals surface area contributed by atoms with Gasteiger partial charge in [-0.2, -0.15) is 0 Å². The molecule has 24 heavy (non-hydrogen) atoms. The van der Waals surface area contributed by atoms with Gasteiger partial charge in [0.15, 0.2) is 0 Å². The van der Waals surface area contributed by atoms with Gasteiger partial charge in [-0.15, -0.1) is 11.3 Å². The zero-order chi connectivity index (χ0) is 16.4. The summed E-state index contributed by atoms with van der Waals surface area (Å²) < 4.78 is 2.23. The third-order valence-corrected chi connectivity index (χ3v) is 4.89. The molecule has 1 aliphatic heterocycles. The molecule has 5 heteroatoms. The average Bonchev–Trinajstić information content (AvgIpc) is 3.30. The number of hydrogen-bond acceptors (Lipinski definition) is 3. The second kappa shape index (κ2) is 6.45. The van der Waals surface area contributed by atoms with E-state index in [0.717, 1.165) is 23.5 Å². The SMILES string of the molecule is O=C(/C=C/c1cscn1)N1CCn2cccc2[C@H]1c1ccccc1. The molecule has 0 saturated heterocycles. The fraction of sp³-hybridized carbons (Fsp3) is 0.158. The van der Waals surface area contributed by atoms with Crippen LogP contribution in [-0.2, 0) is 11.3 Å². The number of rotatable bonds is 3. The minimum absolute atomic E-state index is 0.0179. The molecule has 2 aromatic heterocycles. The molecule has 1 atom stereocenters. The molecule has 0 radical (unpaired) electrons. The Hall–Kier alpha value is -2.66. The van der Waals surface area contributed by atoms with Crippen LogP contribution in [0.4, 0.5) is 0 Å². The molecule has 0 bridgehead atoms. The van der Waals surface area contributed by atoms with E-state index in [1.54, 1.807) is 17.7 Å². The van der Waals surface area contributed by atoms with Crippen LogP contribution >= 0.6 is 11.3 Å². The van der Waals surface area contributed by atoms with E-state index < -0.39 is 0 Å². The zero-order valence-electron chi connectivity index (χ0n) is 13.1. The van der Waals surface area contributed by atoms with Crippen LogP contribution in [0.25, 0.3) is 6.08 Å². The first-order valence-electron chi connectivity index (χ1n) is 7.90. The van der Waals surface area contributed by atoms with Crippen molar-refractivity contribution in [1.82, 2.24) is 14.5 Å². The Bertz CT molecular complexity index is 852. The second-order valence-corrected chi connectivity index (χ2v) is 6.44. The molecule has 0 saturated carbocycles. The van der Waals surface area contributed by atoms with Gasteiger partial charge < -0.3 is 9.47 Å². The Labute approximate surface area is 144 Å². The average molecular weight is 335 g/mol. The van der Waals surface area contributed by atoms with Crippen molar-refractivity contribution in [2.75, 3.05) is 6.54 Å². The Kier molecular flexibility index (Phi) is 4.01. The second-order valence-electron chi connectivity index (χ2n) is 5.72. The van der Waals surface area contributed by atoms with Gasteiger partial charge in [0.2, 0.25) is 5.91 Å². The number of hydrogen-bond donors (Lipinski definition) is 0. The predicted octanol–water partition coefficient (Wildman–Crippen LogP) is 3.59. The highest BCUT2D eigenvalue weighted by Gasteiger charge is 2.30. The Morgan fingerprint density at radius 3 is 2.83 bits per heavy atom. The maximum absolute atomic E-state index is 12.8. The van der Waals surface area contributed by atoms with Crippen LogP contribution in [0.5, 0.6) is 0 Å². The lowest BCUT2D eigenvalue weighted by atomic mass is 10.00. The van der Waals surface area contributed by atoms with Crippen molar-refractivity contribution in [3.63, 3.8) is 0 Å². The Morgan fingerprint density at radius 1 is 1.17 bits per heavy atom. The van der Waals surface area contributed by atoms with E-state index in [2.05, 4.69) is 33.9 Å². The van der Waals surface area contributed by atoms with E-state index in [4.69, 9.17) is 0 Å². The van der Waals surface area contributed by atoms with Crippen LogP contribution in [0, 0.1) is 0 Å². The lowest BCUT2D eigenvalue weighted by molar-refractivity contribution is -0.128. The summed E-state index contributed by atoms with van der Waals surface area (Å²) in [6.07, 6.45) is 5.50. The maximum atomic E-state index is 12.8. The monoisotopic (exact) mass is 335 g/mol. The molecule has 120 valence electrons. The van der Waals surface area contributed by atoms with Crippen molar-refractivity contribution in [2.45, 2.75) is 12.6 Å². The number of amides is 1. The van der Waals surface area contributed by atoms with Gasteiger partial charge >= 0.3 is 0 Å². The molecule has 0 spiro atoms. The summed E-state index contributed by atoms with van der Waals surface area (Å²) in [6.45, 7) is 1.52. The minimum Gasteiger partial charge on any atom is -0.348 e. The number of aromatic nitrogens is 2. The number of carbonyl (C=O) groups is 1. The van der Waals surface area contributed by atoms with Crippen LogP contribution in [0.2, 0.25) is 0 Å². The first-order valence-corrected chi connectivity index (χ1v) is 8.84. The minimum atomic E-state index is -0.0532. The number of nitrogens with zero attached hydrogens (tertiary/aromatic N) is 3. The summed E-state index contributed by atoms with van der Waals surface area (Å²) in [5, 5.41) is 1.93. The molecule has 0 unspecified atom stereocenters. The lowest BCUT2D eigenvalue weighted by Crippen LogP contribution is -2.41. The molecular weight excluding hydrogens is 318 g/mol. The molecule has 0 fully saturated rings. The molecule has 0 N–H and O–H groups in total. The number of carbonyl (C=O) groups excluding carboxylic acids is 1. The van der Waals surface area contributed by atoms with Crippen molar-refractivity contribution in [1.29, 1.82) is 0 Å². The summed E-state index contributed by atoms with van der Waals surface area (Å²) in [5.74, 6) is 0.0179. The van der Waals surface area contributed by atoms with Gasteiger partial charge in [-0.1, -0.05) is 30.3 Å².